The van der Waals surface area contributed by atoms with Gasteiger partial charge in [0.2, 0.25) is 0 Å². The molecule has 158 valence electrons. The van der Waals surface area contributed by atoms with Crippen molar-refractivity contribution in [3.05, 3.63) is 35.7 Å². The molecule has 5 rings (SSSR count). The standard InChI is InChI=1S/C22H28N6O2/c23-13-16-1-6-24-21(11-16)25-22-12-20(28(26-22)18-4-9-29-10-5-18)17-2-7-27(8-3-17)19-14-30-15-19/h1,6,11-12,17-19H,2-5,7-10,14-15H2,(H,24,25,26). The lowest BCUT2D eigenvalue weighted by molar-refractivity contribution is -0.0715. The third-order valence-corrected chi connectivity index (χ3v) is 6.53. The maximum atomic E-state index is 9.15. The Hall–Kier alpha value is -2.47. The van der Waals surface area contributed by atoms with Crippen LogP contribution in [0.2, 0.25) is 0 Å². The van der Waals surface area contributed by atoms with E-state index in [1.54, 1.807) is 18.3 Å². The molecule has 8 heteroatoms. The Labute approximate surface area is 176 Å². The molecule has 0 amide bonds. The minimum Gasteiger partial charge on any atom is -0.381 e. The predicted octanol–water partition coefficient (Wildman–Crippen LogP) is 2.82. The van der Waals surface area contributed by atoms with Gasteiger partial charge in [-0.3, -0.25) is 9.58 Å². The van der Waals surface area contributed by atoms with Gasteiger partial charge in [-0.2, -0.15) is 10.4 Å². The first kappa shape index (κ1) is 19.5. The lowest BCUT2D eigenvalue weighted by atomic mass is 9.91. The Morgan fingerprint density at radius 3 is 2.50 bits per heavy atom. The van der Waals surface area contributed by atoms with E-state index in [1.807, 2.05) is 0 Å². The monoisotopic (exact) mass is 408 g/mol. The first-order valence-corrected chi connectivity index (χ1v) is 10.9. The average molecular weight is 409 g/mol. The van der Waals surface area contributed by atoms with Crippen LogP contribution in [0.1, 0.15) is 48.9 Å². The SMILES string of the molecule is N#Cc1ccnc(Nc2cc(C3CCN(C4COC4)CC3)n(C3CCOCC3)n2)c1. The van der Waals surface area contributed by atoms with E-state index in [-0.39, 0.29) is 0 Å². The summed E-state index contributed by atoms with van der Waals surface area (Å²) >= 11 is 0. The fourth-order valence-electron chi connectivity index (χ4n) is 4.69. The van der Waals surface area contributed by atoms with Crippen molar-refractivity contribution in [1.29, 1.82) is 5.26 Å². The van der Waals surface area contributed by atoms with Gasteiger partial charge in [-0.25, -0.2) is 4.98 Å². The topological polar surface area (TPSA) is 88.2 Å². The van der Waals surface area contributed by atoms with Crippen LogP contribution in [0.15, 0.2) is 24.4 Å². The first-order chi connectivity index (χ1) is 14.8. The number of nitrogens with zero attached hydrogens (tertiary/aromatic N) is 5. The molecule has 8 nitrogen and oxygen atoms in total. The molecular formula is C22H28N6O2. The van der Waals surface area contributed by atoms with Crippen LogP contribution in [0.25, 0.3) is 0 Å². The van der Waals surface area contributed by atoms with Gasteiger partial charge in [-0.05, 0) is 50.9 Å². The van der Waals surface area contributed by atoms with Gasteiger partial charge in [-0.15, -0.1) is 0 Å². The minimum absolute atomic E-state index is 0.376. The average Bonchev–Trinajstić information content (AvgIpc) is 3.17. The molecule has 1 N–H and O–H groups in total. The van der Waals surface area contributed by atoms with E-state index < -0.39 is 0 Å². The van der Waals surface area contributed by atoms with E-state index in [2.05, 4.69) is 32.0 Å². The van der Waals surface area contributed by atoms with E-state index in [0.29, 0.717) is 29.4 Å². The zero-order valence-corrected chi connectivity index (χ0v) is 17.2. The summed E-state index contributed by atoms with van der Waals surface area (Å²) < 4.78 is 13.2. The highest BCUT2D eigenvalue weighted by atomic mass is 16.5. The van der Waals surface area contributed by atoms with Gasteiger partial charge >= 0.3 is 0 Å². The van der Waals surface area contributed by atoms with Gasteiger partial charge in [0.1, 0.15) is 5.82 Å². The highest BCUT2D eigenvalue weighted by Gasteiger charge is 2.32. The van der Waals surface area contributed by atoms with Gasteiger partial charge in [-0.1, -0.05) is 0 Å². The summed E-state index contributed by atoms with van der Waals surface area (Å²) in [6.45, 7) is 5.58. The van der Waals surface area contributed by atoms with Crippen molar-refractivity contribution in [2.75, 3.05) is 44.8 Å². The molecule has 0 aliphatic carbocycles. The molecule has 0 saturated carbocycles. The summed E-state index contributed by atoms with van der Waals surface area (Å²) in [5, 5.41) is 17.4. The second-order valence-electron chi connectivity index (χ2n) is 8.41. The second-order valence-corrected chi connectivity index (χ2v) is 8.41. The number of anilines is 2. The smallest absolute Gasteiger partial charge is 0.153 e. The van der Waals surface area contributed by atoms with Crippen molar-refractivity contribution in [3.8, 4) is 6.07 Å². The number of likely N-dealkylation sites (tertiary alicyclic amines) is 1. The second kappa shape index (κ2) is 8.72. The number of aromatic nitrogens is 3. The fraction of sp³-hybridized carbons (Fsp3) is 0.591. The Morgan fingerprint density at radius 1 is 1.00 bits per heavy atom. The van der Waals surface area contributed by atoms with Crippen LogP contribution in [0, 0.1) is 11.3 Å². The third-order valence-electron chi connectivity index (χ3n) is 6.53. The summed E-state index contributed by atoms with van der Waals surface area (Å²) in [7, 11) is 0. The number of piperidine rings is 1. The van der Waals surface area contributed by atoms with Crippen molar-refractivity contribution < 1.29 is 9.47 Å². The van der Waals surface area contributed by atoms with Crippen molar-refractivity contribution in [3.63, 3.8) is 0 Å². The van der Waals surface area contributed by atoms with Crippen LogP contribution in [-0.2, 0) is 9.47 Å². The third kappa shape index (κ3) is 4.06. The highest BCUT2D eigenvalue weighted by Crippen LogP contribution is 2.35. The van der Waals surface area contributed by atoms with Crippen molar-refractivity contribution >= 4 is 11.6 Å². The number of hydrogen-bond acceptors (Lipinski definition) is 7. The quantitative estimate of drug-likeness (QED) is 0.814. The summed E-state index contributed by atoms with van der Waals surface area (Å²) in [4.78, 5) is 6.92. The van der Waals surface area contributed by atoms with E-state index >= 15 is 0 Å². The van der Waals surface area contributed by atoms with Crippen LogP contribution < -0.4 is 5.32 Å². The number of ether oxygens (including phenoxy) is 2. The predicted molar refractivity (Wildman–Crippen MR) is 112 cm³/mol. The maximum Gasteiger partial charge on any atom is 0.153 e. The Balaban J connectivity index is 1.36. The molecule has 2 aromatic rings. The summed E-state index contributed by atoms with van der Waals surface area (Å²) in [6, 6.07) is 8.80. The Bertz CT molecular complexity index is 905. The summed E-state index contributed by atoms with van der Waals surface area (Å²) in [5.74, 6) is 1.96. The molecule has 30 heavy (non-hydrogen) atoms. The molecule has 0 aromatic carbocycles. The van der Waals surface area contributed by atoms with Gasteiger partial charge in [0.05, 0.1) is 36.9 Å². The molecule has 0 spiro atoms. The summed E-state index contributed by atoms with van der Waals surface area (Å²) in [6.07, 6.45) is 5.93. The summed E-state index contributed by atoms with van der Waals surface area (Å²) in [5.41, 5.74) is 1.90. The van der Waals surface area contributed by atoms with E-state index in [1.165, 1.54) is 5.69 Å². The number of hydrogen-bond donors (Lipinski definition) is 1. The molecular weight excluding hydrogens is 380 g/mol. The molecule has 3 aliphatic heterocycles. The van der Waals surface area contributed by atoms with Crippen LogP contribution in [0.3, 0.4) is 0 Å². The number of nitriles is 1. The number of pyridine rings is 1. The van der Waals surface area contributed by atoms with E-state index in [9.17, 15) is 0 Å². The van der Waals surface area contributed by atoms with Crippen LogP contribution in [0.4, 0.5) is 11.6 Å². The molecule has 0 unspecified atom stereocenters. The molecule has 3 aliphatic rings. The minimum atomic E-state index is 0.376. The van der Waals surface area contributed by atoms with Gasteiger partial charge in [0.15, 0.2) is 5.82 Å². The molecule has 0 bridgehead atoms. The molecule has 3 fully saturated rings. The van der Waals surface area contributed by atoms with Crippen LogP contribution in [0.5, 0.6) is 0 Å². The van der Waals surface area contributed by atoms with Crippen molar-refractivity contribution in [2.45, 2.75) is 43.7 Å². The lowest BCUT2D eigenvalue weighted by Crippen LogP contribution is -2.51. The zero-order valence-electron chi connectivity index (χ0n) is 17.2. The normalized spacial score (nSPS) is 21.8. The van der Waals surface area contributed by atoms with Crippen molar-refractivity contribution in [2.24, 2.45) is 0 Å². The zero-order chi connectivity index (χ0) is 20.3. The largest absolute Gasteiger partial charge is 0.381 e. The van der Waals surface area contributed by atoms with Crippen molar-refractivity contribution in [1.82, 2.24) is 19.7 Å². The molecule has 2 aromatic heterocycles. The van der Waals surface area contributed by atoms with E-state index in [4.69, 9.17) is 19.8 Å². The molecule has 0 atom stereocenters. The highest BCUT2D eigenvalue weighted by molar-refractivity contribution is 5.54. The lowest BCUT2D eigenvalue weighted by Gasteiger charge is -2.41. The first-order valence-electron chi connectivity index (χ1n) is 10.9. The number of rotatable bonds is 5. The molecule has 0 radical (unpaired) electrons. The maximum absolute atomic E-state index is 9.15. The van der Waals surface area contributed by atoms with Gasteiger partial charge in [0, 0.05) is 37.1 Å². The van der Waals surface area contributed by atoms with Crippen LogP contribution >= 0.6 is 0 Å². The number of nitrogens with one attached hydrogen (secondary N) is 1. The molecule has 3 saturated heterocycles. The van der Waals surface area contributed by atoms with Gasteiger partial charge < -0.3 is 14.8 Å². The van der Waals surface area contributed by atoms with Crippen LogP contribution in [-0.4, -0.2) is 65.2 Å². The fourth-order valence-corrected chi connectivity index (χ4v) is 4.69. The Kier molecular flexibility index (Phi) is 5.67. The van der Waals surface area contributed by atoms with Gasteiger partial charge in [0.25, 0.3) is 0 Å². The molecule has 5 heterocycles. The Morgan fingerprint density at radius 2 is 1.80 bits per heavy atom. The van der Waals surface area contributed by atoms with E-state index in [0.717, 1.165) is 71.0 Å².